The van der Waals surface area contributed by atoms with Crippen molar-refractivity contribution in [2.45, 2.75) is 137 Å². The fourth-order valence-electron chi connectivity index (χ4n) is 5.09. The monoisotopic (exact) mass is 789 g/mol. The summed E-state index contributed by atoms with van der Waals surface area (Å²) in [5.41, 5.74) is -2.03. The number of hydrogen-bond donors (Lipinski definition) is 2. The molecule has 16 nitrogen and oxygen atoms in total. The smallest absolute Gasteiger partial charge is 0.408 e. The Bertz CT molecular complexity index is 1550. The summed E-state index contributed by atoms with van der Waals surface area (Å²) in [6.07, 6.45) is -2.84. The summed E-state index contributed by atoms with van der Waals surface area (Å²) in [5.74, 6) is -7.75. The highest BCUT2D eigenvalue weighted by atomic mass is 16.6. The van der Waals surface area contributed by atoms with Gasteiger partial charge in [0.25, 0.3) is 5.91 Å². The fourth-order valence-corrected chi connectivity index (χ4v) is 5.09. The lowest BCUT2D eigenvalue weighted by atomic mass is 9.91. The lowest BCUT2D eigenvalue weighted by molar-refractivity contribution is -0.159. The summed E-state index contributed by atoms with van der Waals surface area (Å²) < 4.78 is 21.3. The van der Waals surface area contributed by atoms with E-state index in [4.69, 9.17) is 18.9 Å². The molecule has 1 aromatic carbocycles. The number of carbonyl (C=O) groups excluding carboxylic acids is 9. The van der Waals surface area contributed by atoms with Crippen molar-refractivity contribution in [3.63, 3.8) is 0 Å². The summed E-state index contributed by atoms with van der Waals surface area (Å²) in [4.78, 5) is 117. The van der Waals surface area contributed by atoms with Crippen LogP contribution in [0.2, 0.25) is 0 Å². The van der Waals surface area contributed by atoms with Crippen LogP contribution in [0.5, 0.6) is 0 Å². The van der Waals surface area contributed by atoms with E-state index in [-0.39, 0.29) is 25.7 Å². The second-order valence-corrected chi connectivity index (χ2v) is 16.6. The standard InChI is InChI=1S/C40H59N3O13/c1-25(2)35(30(46)21-43(31(47)23-44)22-34(50)56-40(9,10)11)42-36(51)27(17-18-32(48)54-38(3,4)5)19-29(45)28(20-33(49)55-39(6,7)8)41-37(52)53-24-26-15-13-12-14-16-26/h12-16,23,25,27-28,35H,17-22,24H2,1-11H3,(H,41,52)(H,42,51)/t27-,28+,35+/m1/s1. The molecule has 2 N–H and O–H groups in total. The molecule has 0 heterocycles. The van der Waals surface area contributed by atoms with Crippen LogP contribution in [0, 0.1) is 11.8 Å². The van der Waals surface area contributed by atoms with Crippen molar-refractivity contribution in [2.24, 2.45) is 11.8 Å². The van der Waals surface area contributed by atoms with Crippen molar-refractivity contribution in [3.05, 3.63) is 35.9 Å². The first-order valence-electron chi connectivity index (χ1n) is 18.4. The predicted molar refractivity (Wildman–Crippen MR) is 202 cm³/mol. The Morgan fingerprint density at radius 3 is 1.75 bits per heavy atom. The highest BCUT2D eigenvalue weighted by Gasteiger charge is 2.35. The van der Waals surface area contributed by atoms with Gasteiger partial charge in [0.2, 0.25) is 12.2 Å². The van der Waals surface area contributed by atoms with Gasteiger partial charge in [0.1, 0.15) is 36.0 Å². The Morgan fingerprint density at radius 2 is 1.23 bits per heavy atom. The Balaban J connectivity index is 3.39. The van der Waals surface area contributed by atoms with E-state index in [0.717, 1.165) is 0 Å². The molecule has 0 saturated heterocycles. The Morgan fingerprint density at radius 1 is 0.696 bits per heavy atom. The van der Waals surface area contributed by atoms with Crippen molar-refractivity contribution in [1.82, 2.24) is 15.5 Å². The van der Waals surface area contributed by atoms with E-state index in [0.29, 0.717) is 10.5 Å². The third-order valence-corrected chi connectivity index (χ3v) is 7.43. The van der Waals surface area contributed by atoms with Crippen LogP contribution in [0.3, 0.4) is 0 Å². The molecular weight excluding hydrogens is 730 g/mol. The molecule has 56 heavy (non-hydrogen) atoms. The molecule has 0 unspecified atom stereocenters. The summed E-state index contributed by atoms with van der Waals surface area (Å²) in [6, 6.07) is 5.92. The van der Waals surface area contributed by atoms with Crippen LogP contribution in [0.15, 0.2) is 30.3 Å². The number of Topliss-reactive ketones (excluding diaryl/α,β-unsaturated/α-hetero) is 2. The number of aldehydes is 1. The first kappa shape index (κ1) is 48.9. The zero-order valence-electron chi connectivity index (χ0n) is 34.5. The van der Waals surface area contributed by atoms with E-state index >= 15 is 0 Å². The minimum atomic E-state index is -1.51. The van der Waals surface area contributed by atoms with Gasteiger partial charge in [0.05, 0.1) is 19.0 Å². The molecule has 0 spiro atoms. The summed E-state index contributed by atoms with van der Waals surface area (Å²) >= 11 is 0. The van der Waals surface area contributed by atoms with Crippen LogP contribution in [0.1, 0.15) is 107 Å². The summed E-state index contributed by atoms with van der Waals surface area (Å²) in [5, 5.41) is 4.99. The Hall–Kier alpha value is -5.15. The van der Waals surface area contributed by atoms with E-state index < -0.39 is 114 Å². The predicted octanol–water partition coefficient (Wildman–Crippen LogP) is 3.79. The van der Waals surface area contributed by atoms with Crippen molar-refractivity contribution in [3.8, 4) is 0 Å². The van der Waals surface area contributed by atoms with Gasteiger partial charge in [-0.2, -0.15) is 0 Å². The molecule has 3 atom stereocenters. The van der Waals surface area contributed by atoms with Gasteiger partial charge in [-0.1, -0.05) is 44.2 Å². The first-order valence-corrected chi connectivity index (χ1v) is 18.4. The quantitative estimate of drug-likeness (QED) is 0.0833. The normalized spacial score (nSPS) is 13.3. The molecule has 0 aliphatic rings. The van der Waals surface area contributed by atoms with Gasteiger partial charge >= 0.3 is 24.0 Å². The summed E-state index contributed by atoms with van der Waals surface area (Å²) in [7, 11) is 0. The van der Waals surface area contributed by atoms with Crippen molar-refractivity contribution in [2.75, 3.05) is 13.1 Å². The zero-order valence-corrected chi connectivity index (χ0v) is 34.5. The highest BCUT2D eigenvalue weighted by molar-refractivity contribution is 6.24. The lowest BCUT2D eigenvalue weighted by Crippen LogP contribution is -2.52. The molecule has 0 aliphatic heterocycles. The lowest BCUT2D eigenvalue weighted by Gasteiger charge is -2.28. The number of alkyl carbamates (subject to hydrolysis) is 1. The van der Waals surface area contributed by atoms with Crippen LogP contribution < -0.4 is 10.6 Å². The number of esters is 3. The Kier molecular flexibility index (Phi) is 19.0. The maximum Gasteiger partial charge on any atom is 0.408 e. The molecule has 0 aliphatic carbocycles. The number of rotatable bonds is 20. The SMILES string of the molecule is CC(C)[C@H](NC(=O)[C@H](CCC(=O)OC(C)(C)C)CC(=O)[C@H](CC(=O)OC(C)(C)C)NC(=O)OCc1ccccc1)C(=O)CN(CC(=O)OC(C)(C)C)C(=O)C=O. The number of nitrogens with zero attached hydrogens (tertiary/aromatic N) is 1. The van der Waals surface area contributed by atoms with Gasteiger partial charge in [-0.25, -0.2) is 4.79 Å². The fraction of sp³-hybridized carbons (Fsp3) is 0.625. The average molecular weight is 790 g/mol. The van der Waals surface area contributed by atoms with E-state index in [1.54, 1.807) is 106 Å². The minimum absolute atomic E-state index is 0.0574. The van der Waals surface area contributed by atoms with E-state index in [2.05, 4.69) is 10.6 Å². The van der Waals surface area contributed by atoms with Gasteiger partial charge in [-0.05, 0) is 80.2 Å². The van der Waals surface area contributed by atoms with Crippen molar-refractivity contribution < 1.29 is 62.1 Å². The molecular formula is C40H59N3O13. The second kappa shape index (κ2) is 21.8. The maximum absolute atomic E-state index is 13.9. The third kappa shape index (κ3) is 20.5. The van der Waals surface area contributed by atoms with Crippen LogP contribution in [-0.4, -0.2) is 101 Å². The number of amides is 3. The molecule has 0 aromatic heterocycles. The van der Waals surface area contributed by atoms with Crippen molar-refractivity contribution in [1.29, 1.82) is 0 Å². The number of ketones is 2. The average Bonchev–Trinajstić information content (AvgIpc) is 3.04. The second-order valence-electron chi connectivity index (χ2n) is 16.6. The Labute approximate surface area is 329 Å². The molecule has 0 fully saturated rings. The highest BCUT2D eigenvalue weighted by Crippen LogP contribution is 2.20. The molecule has 0 bridgehead atoms. The van der Waals surface area contributed by atoms with Crippen LogP contribution >= 0.6 is 0 Å². The van der Waals surface area contributed by atoms with Gasteiger partial charge in [-0.15, -0.1) is 0 Å². The maximum atomic E-state index is 13.9. The largest absolute Gasteiger partial charge is 0.460 e. The number of benzene rings is 1. The molecule has 1 rings (SSSR count). The van der Waals surface area contributed by atoms with E-state index in [1.165, 1.54) is 0 Å². The van der Waals surface area contributed by atoms with Gasteiger partial charge in [0, 0.05) is 18.8 Å². The zero-order chi connectivity index (χ0) is 43.0. The van der Waals surface area contributed by atoms with Crippen LogP contribution in [0.4, 0.5) is 4.79 Å². The van der Waals surface area contributed by atoms with E-state index in [1.807, 2.05) is 0 Å². The molecule has 312 valence electrons. The number of ether oxygens (including phenoxy) is 4. The first-order chi connectivity index (χ1) is 25.7. The summed E-state index contributed by atoms with van der Waals surface area (Å²) in [6.45, 7) is 16.2. The van der Waals surface area contributed by atoms with Crippen LogP contribution in [0.25, 0.3) is 0 Å². The van der Waals surface area contributed by atoms with E-state index in [9.17, 15) is 43.2 Å². The molecule has 1 aromatic rings. The molecule has 0 saturated carbocycles. The number of nitrogens with one attached hydrogen (secondary N) is 2. The molecule has 3 amide bonds. The van der Waals surface area contributed by atoms with Gasteiger partial charge in [0.15, 0.2) is 11.6 Å². The number of hydrogen-bond acceptors (Lipinski definition) is 13. The van der Waals surface area contributed by atoms with Crippen LogP contribution in [-0.2, 0) is 63.9 Å². The molecule has 16 heteroatoms. The topological polar surface area (TPSA) is 218 Å². The number of carbonyl (C=O) groups is 9. The van der Waals surface area contributed by atoms with Gasteiger partial charge < -0.3 is 34.5 Å². The third-order valence-electron chi connectivity index (χ3n) is 7.43. The molecule has 0 radical (unpaired) electrons. The van der Waals surface area contributed by atoms with Gasteiger partial charge in [-0.3, -0.25) is 38.4 Å². The van der Waals surface area contributed by atoms with Crippen molar-refractivity contribution >= 4 is 53.7 Å². The minimum Gasteiger partial charge on any atom is -0.460 e.